The molecule has 0 bridgehead atoms. The molecule has 132 valence electrons. The van der Waals surface area contributed by atoms with Gasteiger partial charge in [-0.05, 0) is 49.6 Å². The van der Waals surface area contributed by atoms with Gasteiger partial charge in [0.25, 0.3) is 5.91 Å². The molecule has 25 heavy (non-hydrogen) atoms. The number of benzene rings is 1. The Labute approximate surface area is 144 Å². The largest absolute Gasteiger partial charge is 0.427 e. The van der Waals surface area contributed by atoms with Crippen molar-refractivity contribution in [2.45, 2.75) is 37.0 Å². The van der Waals surface area contributed by atoms with Crippen LogP contribution < -0.4 is 16.1 Å². The van der Waals surface area contributed by atoms with Crippen molar-refractivity contribution >= 4 is 21.6 Å². The average molecular weight is 362 g/mol. The zero-order valence-corrected chi connectivity index (χ0v) is 14.4. The van der Waals surface area contributed by atoms with Gasteiger partial charge in [-0.3, -0.25) is 4.79 Å². The number of aryl methyl sites for hydroxylation is 1. The van der Waals surface area contributed by atoms with Crippen LogP contribution in [0.2, 0.25) is 0 Å². The fraction of sp³-hybridized carbons (Fsp3) is 0.294. The van der Waals surface area contributed by atoms with Crippen molar-refractivity contribution in [3.8, 4) is 0 Å². The SMILES string of the molecule is Cc1cc(C2CCC2)oc(=O)c1C(=O)Nc1cccc(S(N)(=O)=O)c1. The molecule has 1 aliphatic carbocycles. The zero-order valence-electron chi connectivity index (χ0n) is 13.6. The van der Waals surface area contributed by atoms with Crippen LogP contribution >= 0.6 is 0 Å². The highest BCUT2D eigenvalue weighted by atomic mass is 32.2. The fourth-order valence-electron chi connectivity index (χ4n) is 2.74. The third kappa shape index (κ3) is 3.64. The lowest BCUT2D eigenvalue weighted by Gasteiger charge is -2.24. The molecule has 0 unspecified atom stereocenters. The summed E-state index contributed by atoms with van der Waals surface area (Å²) in [6, 6.07) is 7.22. The molecule has 1 aromatic carbocycles. The molecule has 0 spiro atoms. The van der Waals surface area contributed by atoms with Gasteiger partial charge in [-0.2, -0.15) is 0 Å². The second-order valence-corrected chi connectivity index (χ2v) is 7.71. The summed E-state index contributed by atoms with van der Waals surface area (Å²) in [5.74, 6) is 0.203. The number of rotatable bonds is 4. The van der Waals surface area contributed by atoms with Gasteiger partial charge >= 0.3 is 5.63 Å². The molecule has 3 N–H and O–H groups in total. The molecular weight excluding hydrogens is 344 g/mol. The summed E-state index contributed by atoms with van der Waals surface area (Å²) in [6.07, 6.45) is 3.07. The Kier molecular flexibility index (Phi) is 4.49. The van der Waals surface area contributed by atoms with Crippen molar-refractivity contribution in [3.05, 3.63) is 57.6 Å². The van der Waals surface area contributed by atoms with Gasteiger partial charge < -0.3 is 9.73 Å². The first-order valence-electron chi connectivity index (χ1n) is 7.84. The van der Waals surface area contributed by atoms with E-state index in [2.05, 4.69) is 5.32 Å². The summed E-state index contributed by atoms with van der Waals surface area (Å²) in [5.41, 5.74) is -0.0391. The van der Waals surface area contributed by atoms with Gasteiger partial charge in [-0.25, -0.2) is 18.4 Å². The molecule has 1 saturated carbocycles. The van der Waals surface area contributed by atoms with Crippen LogP contribution in [0.1, 0.15) is 46.9 Å². The molecule has 1 heterocycles. The first-order chi connectivity index (χ1) is 11.8. The third-order valence-electron chi connectivity index (χ3n) is 4.32. The first kappa shape index (κ1) is 17.4. The van der Waals surface area contributed by atoms with Crippen molar-refractivity contribution in [2.24, 2.45) is 5.14 Å². The Morgan fingerprint density at radius 3 is 2.56 bits per heavy atom. The molecule has 1 fully saturated rings. The molecule has 2 aromatic rings. The minimum absolute atomic E-state index is 0.0934. The van der Waals surface area contributed by atoms with Crippen LogP contribution in [0.5, 0.6) is 0 Å². The molecule has 3 rings (SSSR count). The quantitative estimate of drug-likeness (QED) is 0.863. The summed E-state index contributed by atoms with van der Waals surface area (Å²) in [6.45, 7) is 1.68. The highest BCUT2D eigenvalue weighted by Crippen LogP contribution is 2.36. The molecule has 0 radical (unpaired) electrons. The minimum atomic E-state index is -3.89. The number of primary sulfonamides is 1. The molecule has 0 atom stereocenters. The van der Waals surface area contributed by atoms with E-state index in [4.69, 9.17) is 9.56 Å². The Morgan fingerprint density at radius 2 is 2.00 bits per heavy atom. The molecule has 1 aliphatic rings. The topological polar surface area (TPSA) is 119 Å². The molecule has 1 aromatic heterocycles. The number of carbonyl (C=O) groups is 1. The number of nitrogens with two attached hydrogens (primary N) is 1. The van der Waals surface area contributed by atoms with Crippen LogP contribution in [-0.4, -0.2) is 14.3 Å². The van der Waals surface area contributed by atoms with Crippen molar-refractivity contribution in [2.75, 3.05) is 5.32 Å². The van der Waals surface area contributed by atoms with Gasteiger partial charge in [0.15, 0.2) is 0 Å². The standard InChI is InChI=1S/C17H18N2O5S/c1-10-8-14(11-4-2-5-11)24-17(21)15(10)16(20)19-12-6-3-7-13(9-12)25(18,22)23/h3,6-9,11H,2,4-5H2,1H3,(H,19,20)(H2,18,22,23). The number of hydrogen-bond donors (Lipinski definition) is 2. The highest BCUT2D eigenvalue weighted by Gasteiger charge is 2.25. The monoisotopic (exact) mass is 362 g/mol. The Morgan fingerprint density at radius 1 is 1.28 bits per heavy atom. The van der Waals surface area contributed by atoms with Gasteiger partial charge in [0, 0.05) is 11.6 Å². The number of amides is 1. The van der Waals surface area contributed by atoms with Gasteiger partial charge in [-0.15, -0.1) is 0 Å². The van der Waals surface area contributed by atoms with E-state index < -0.39 is 21.6 Å². The second kappa shape index (κ2) is 6.45. The van der Waals surface area contributed by atoms with Gasteiger partial charge in [0.1, 0.15) is 11.3 Å². The van der Waals surface area contributed by atoms with Crippen molar-refractivity contribution in [1.29, 1.82) is 0 Å². The molecule has 0 aliphatic heterocycles. The summed E-state index contributed by atoms with van der Waals surface area (Å²) < 4.78 is 28.1. The van der Waals surface area contributed by atoms with Crippen molar-refractivity contribution in [3.63, 3.8) is 0 Å². The molecular formula is C17H18N2O5S. The van der Waals surface area contributed by atoms with Crippen LogP contribution in [0.25, 0.3) is 0 Å². The zero-order chi connectivity index (χ0) is 18.2. The van der Waals surface area contributed by atoms with Crippen molar-refractivity contribution in [1.82, 2.24) is 0 Å². The van der Waals surface area contributed by atoms with E-state index in [1.54, 1.807) is 13.0 Å². The Hall–Kier alpha value is -2.45. The first-order valence-corrected chi connectivity index (χ1v) is 9.39. The number of carbonyl (C=O) groups excluding carboxylic acids is 1. The maximum atomic E-state index is 12.4. The van der Waals surface area contributed by atoms with E-state index in [1.807, 2.05) is 0 Å². The lowest BCUT2D eigenvalue weighted by Crippen LogP contribution is -2.24. The summed E-state index contributed by atoms with van der Waals surface area (Å²) in [4.78, 5) is 24.5. The van der Waals surface area contributed by atoms with Gasteiger partial charge in [-0.1, -0.05) is 12.5 Å². The summed E-state index contributed by atoms with van der Waals surface area (Å²) in [7, 11) is -3.89. The highest BCUT2D eigenvalue weighted by molar-refractivity contribution is 7.89. The van der Waals surface area contributed by atoms with Gasteiger partial charge in [0.2, 0.25) is 10.0 Å². The van der Waals surface area contributed by atoms with Crippen molar-refractivity contribution < 1.29 is 17.6 Å². The molecule has 8 heteroatoms. The van der Waals surface area contributed by atoms with Crippen LogP contribution in [0.15, 0.2) is 44.4 Å². The Bertz CT molecular complexity index is 990. The molecule has 7 nitrogen and oxygen atoms in total. The van der Waals surface area contributed by atoms with Crippen LogP contribution in [-0.2, 0) is 10.0 Å². The predicted molar refractivity (Wildman–Crippen MR) is 92.1 cm³/mol. The summed E-state index contributed by atoms with van der Waals surface area (Å²) >= 11 is 0. The number of sulfonamides is 1. The predicted octanol–water partition coefficient (Wildman–Crippen LogP) is 2.12. The van der Waals surface area contributed by atoms with E-state index in [9.17, 15) is 18.0 Å². The summed E-state index contributed by atoms with van der Waals surface area (Å²) in [5, 5.41) is 7.58. The number of nitrogens with one attached hydrogen (secondary N) is 1. The maximum Gasteiger partial charge on any atom is 0.349 e. The van der Waals surface area contributed by atoms with E-state index >= 15 is 0 Å². The third-order valence-corrected chi connectivity index (χ3v) is 5.23. The maximum absolute atomic E-state index is 12.4. The number of hydrogen-bond acceptors (Lipinski definition) is 5. The van der Waals surface area contributed by atoms with E-state index in [1.165, 1.54) is 24.3 Å². The van der Waals surface area contributed by atoms with Crippen LogP contribution in [0, 0.1) is 6.92 Å². The minimum Gasteiger partial charge on any atom is -0.427 e. The van der Waals surface area contributed by atoms with E-state index in [0.29, 0.717) is 11.3 Å². The average Bonchev–Trinajstić information content (AvgIpc) is 2.44. The van der Waals surface area contributed by atoms with Crippen LogP contribution in [0.4, 0.5) is 5.69 Å². The van der Waals surface area contributed by atoms with Crippen LogP contribution in [0.3, 0.4) is 0 Å². The number of anilines is 1. The lowest BCUT2D eigenvalue weighted by molar-refractivity contribution is 0.102. The normalized spacial score (nSPS) is 14.8. The lowest BCUT2D eigenvalue weighted by atomic mass is 9.83. The molecule has 1 amide bonds. The van der Waals surface area contributed by atoms with E-state index in [0.717, 1.165) is 19.3 Å². The van der Waals surface area contributed by atoms with Gasteiger partial charge in [0.05, 0.1) is 4.90 Å². The molecule has 0 saturated heterocycles. The second-order valence-electron chi connectivity index (χ2n) is 6.15. The smallest absolute Gasteiger partial charge is 0.349 e. The van der Waals surface area contributed by atoms with E-state index in [-0.39, 0.29) is 22.1 Å². The Balaban J connectivity index is 1.88. The fourth-order valence-corrected chi connectivity index (χ4v) is 3.30.